The van der Waals surface area contributed by atoms with Crippen LogP contribution in [0.1, 0.15) is 29.0 Å². The van der Waals surface area contributed by atoms with Crippen molar-refractivity contribution in [3.05, 3.63) is 40.6 Å². The second-order valence-corrected chi connectivity index (χ2v) is 6.36. The third kappa shape index (κ3) is 4.23. The van der Waals surface area contributed by atoms with Gasteiger partial charge in [0.2, 0.25) is 0 Å². The van der Waals surface area contributed by atoms with Crippen molar-refractivity contribution in [2.75, 3.05) is 19.8 Å². The predicted octanol–water partition coefficient (Wildman–Crippen LogP) is 2.76. The first-order chi connectivity index (χ1) is 12.6. The molecule has 1 saturated heterocycles. The van der Waals surface area contributed by atoms with Crippen molar-refractivity contribution in [3.8, 4) is 11.3 Å². The molecule has 1 atom stereocenters. The number of amides is 1. The van der Waals surface area contributed by atoms with Crippen LogP contribution in [0.4, 0.5) is 0 Å². The fraction of sp³-hybridized carbons (Fsp3) is 0.389. The van der Waals surface area contributed by atoms with Crippen LogP contribution in [0.25, 0.3) is 11.3 Å². The Bertz CT molecular complexity index is 799. The normalized spacial score (nSPS) is 16.5. The Hall–Kier alpha value is -2.38. The Balaban J connectivity index is 1.62. The number of hydrogen-bond acceptors (Lipinski definition) is 6. The average Bonchev–Trinajstić information content (AvgIpc) is 3.28. The number of carbonyl (C=O) groups excluding carboxylic acids is 2. The summed E-state index contributed by atoms with van der Waals surface area (Å²) in [6.45, 7) is 2.33. The zero-order chi connectivity index (χ0) is 18.5. The van der Waals surface area contributed by atoms with Gasteiger partial charge in [0.05, 0.1) is 11.1 Å². The lowest BCUT2D eigenvalue weighted by atomic mass is 10.1. The van der Waals surface area contributed by atoms with E-state index in [1.54, 1.807) is 31.2 Å². The van der Waals surface area contributed by atoms with Gasteiger partial charge < -0.3 is 19.3 Å². The van der Waals surface area contributed by atoms with Crippen LogP contribution >= 0.6 is 11.6 Å². The number of nitrogens with zero attached hydrogens (tertiary/aromatic N) is 1. The molecule has 26 heavy (non-hydrogen) atoms. The minimum Gasteiger partial charge on any atom is -0.452 e. The lowest BCUT2D eigenvalue weighted by Gasteiger charge is -2.11. The second kappa shape index (κ2) is 8.33. The number of esters is 1. The van der Waals surface area contributed by atoms with Crippen molar-refractivity contribution in [2.45, 2.75) is 25.9 Å². The quantitative estimate of drug-likeness (QED) is 0.777. The lowest BCUT2D eigenvalue weighted by molar-refractivity contribution is -0.124. The van der Waals surface area contributed by atoms with E-state index in [0.717, 1.165) is 12.8 Å². The molecule has 7 nitrogen and oxygen atoms in total. The van der Waals surface area contributed by atoms with Crippen LogP contribution < -0.4 is 5.32 Å². The van der Waals surface area contributed by atoms with Crippen LogP contribution in [0.5, 0.6) is 0 Å². The van der Waals surface area contributed by atoms with Gasteiger partial charge in [0.15, 0.2) is 6.61 Å². The average molecular weight is 379 g/mol. The number of nitrogens with one attached hydrogen (secondary N) is 1. The SMILES string of the molecule is Cc1onc(-c2ccccc2Cl)c1C(=O)OCC(=O)NC[C@@H]1CCCO1. The van der Waals surface area contributed by atoms with Crippen molar-refractivity contribution < 1.29 is 23.6 Å². The van der Waals surface area contributed by atoms with Gasteiger partial charge in [-0.2, -0.15) is 0 Å². The summed E-state index contributed by atoms with van der Waals surface area (Å²) in [4.78, 5) is 24.3. The third-order valence-electron chi connectivity index (χ3n) is 4.08. The molecule has 2 heterocycles. The van der Waals surface area contributed by atoms with Crippen LogP contribution in [0.3, 0.4) is 0 Å². The van der Waals surface area contributed by atoms with Crippen LogP contribution in [-0.4, -0.2) is 42.9 Å². The van der Waals surface area contributed by atoms with Gasteiger partial charge in [0.1, 0.15) is 17.0 Å². The van der Waals surface area contributed by atoms with Crippen LogP contribution in [0, 0.1) is 6.92 Å². The molecule has 1 aromatic heterocycles. The second-order valence-electron chi connectivity index (χ2n) is 5.96. The van der Waals surface area contributed by atoms with E-state index in [-0.39, 0.29) is 23.3 Å². The summed E-state index contributed by atoms with van der Waals surface area (Å²) in [5, 5.41) is 7.03. The molecule has 3 rings (SSSR count). The maximum atomic E-state index is 12.4. The molecule has 1 aliphatic rings. The maximum Gasteiger partial charge on any atom is 0.344 e. The van der Waals surface area contributed by atoms with E-state index in [0.29, 0.717) is 29.5 Å². The van der Waals surface area contributed by atoms with Gasteiger partial charge in [-0.05, 0) is 25.8 Å². The zero-order valence-electron chi connectivity index (χ0n) is 14.3. The van der Waals surface area contributed by atoms with Crippen molar-refractivity contribution >= 4 is 23.5 Å². The van der Waals surface area contributed by atoms with Crippen molar-refractivity contribution in [3.63, 3.8) is 0 Å². The molecular formula is C18H19ClN2O5. The molecule has 1 aliphatic heterocycles. The largest absolute Gasteiger partial charge is 0.452 e. The highest BCUT2D eigenvalue weighted by Crippen LogP contribution is 2.31. The van der Waals surface area contributed by atoms with Crippen LogP contribution in [0.15, 0.2) is 28.8 Å². The molecule has 0 saturated carbocycles. The van der Waals surface area contributed by atoms with E-state index in [1.165, 1.54) is 0 Å². The summed E-state index contributed by atoms with van der Waals surface area (Å²) in [7, 11) is 0. The Morgan fingerprint density at radius 1 is 1.38 bits per heavy atom. The van der Waals surface area contributed by atoms with Gasteiger partial charge >= 0.3 is 5.97 Å². The number of hydrogen-bond donors (Lipinski definition) is 1. The van der Waals surface area contributed by atoms with E-state index >= 15 is 0 Å². The third-order valence-corrected chi connectivity index (χ3v) is 4.41. The number of ether oxygens (including phenoxy) is 2. The van der Waals surface area contributed by atoms with Gasteiger partial charge in [-0.3, -0.25) is 4.79 Å². The number of rotatable bonds is 6. The first kappa shape index (κ1) is 18.4. The minimum atomic E-state index is -0.689. The molecule has 1 aromatic carbocycles. The van der Waals surface area contributed by atoms with Crippen molar-refractivity contribution in [1.29, 1.82) is 0 Å². The minimum absolute atomic E-state index is 0.0294. The Kier molecular flexibility index (Phi) is 5.90. The van der Waals surface area contributed by atoms with Crippen molar-refractivity contribution in [1.82, 2.24) is 10.5 Å². The smallest absolute Gasteiger partial charge is 0.344 e. The molecule has 2 aromatic rings. The number of benzene rings is 1. The molecule has 138 valence electrons. The summed E-state index contributed by atoms with van der Waals surface area (Å²) in [5.41, 5.74) is 1.00. The van der Waals surface area contributed by atoms with Gasteiger partial charge in [-0.1, -0.05) is 35.0 Å². The molecule has 0 unspecified atom stereocenters. The van der Waals surface area contributed by atoms with E-state index < -0.39 is 12.6 Å². The first-order valence-corrected chi connectivity index (χ1v) is 8.70. The summed E-state index contributed by atoms with van der Waals surface area (Å²) >= 11 is 6.17. The number of halogens is 1. The zero-order valence-corrected chi connectivity index (χ0v) is 15.0. The Morgan fingerprint density at radius 2 is 2.19 bits per heavy atom. The number of aryl methyl sites for hydroxylation is 1. The topological polar surface area (TPSA) is 90.7 Å². The van der Waals surface area contributed by atoms with E-state index in [9.17, 15) is 9.59 Å². The molecular weight excluding hydrogens is 360 g/mol. The van der Waals surface area contributed by atoms with Gasteiger partial charge in [-0.25, -0.2) is 4.79 Å². The molecule has 1 fully saturated rings. The highest BCUT2D eigenvalue weighted by atomic mass is 35.5. The summed E-state index contributed by atoms with van der Waals surface area (Å²) in [6.07, 6.45) is 1.94. The Labute approximate surface area is 155 Å². The Morgan fingerprint density at radius 3 is 2.92 bits per heavy atom. The highest BCUT2D eigenvalue weighted by Gasteiger charge is 2.25. The molecule has 0 bridgehead atoms. The fourth-order valence-electron chi connectivity index (χ4n) is 2.74. The fourth-order valence-corrected chi connectivity index (χ4v) is 2.96. The molecule has 1 amide bonds. The standard InChI is InChI=1S/C18H19ClN2O5/c1-11-16(17(21-26-11)13-6-2-3-7-14(13)19)18(23)25-10-15(22)20-9-12-5-4-8-24-12/h2-3,6-7,12H,4-5,8-10H2,1H3,(H,20,22)/t12-/m0/s1. The number of carbonyl (C=O) groups is 2. The summed E-state index contributed by atoms with van der Waals surface area (Å²) in [6, 6.07) is 6.97. The molecule has 0 spiro atoms. The number of aromatic nitrogens is 1. The molecule has 0 aliphatic carbocycles. The van der Waals surface area contributed by atoms with Gasteiger partial charge in [0, 0.05) is 18.7 Å². The molecule has 1 N–H and O–H groups in total. The predicted molar refractivity (Wildman–Crippen MR) is 94.0 cm³/mol. The monoisotopic (exact) mass is 378 g/mol. The van der Waals surface area contributed by atoms with E-state index in [1.807, 2.05) is 0 Å². The molecule has 8 heteroatoms. The summed E-state index contributed by atoms with van der Waals surface area (Å²) in [5.74, 6) is -0.780. The van der Waals surface area contributed by atoms with Crippen molar-refractivity contribution in [2.24, 2.45) is 0 Å². The van der Waals surface area contributed by atoms with E-state index in [4.69, 9.17) is 25.6 Å². The van der Waals surface area contributed by atoms with Crippen LogP contribution in [0.2, 0.25) is 5.02 Å². The first-order valence-electron chi connectivity index (χ1n) is 8.33. The van der Waals surface area contributed by atoms with E-state index in [2.05, 4.69) is 10.5 Å². The molecule has 0 radical (unpaired) electrons. The van der Waals surface area contributed by atoms with Gasteiger partial charge in [0.25, 0.3) is 5.91 Å². The maximum absolute atomic E-state index is 12.4. The highest BCUT2D eigenvalue weighted by molar-refractivity contribution is 6.33. The lowest BCUT2D eigenvalue weighted by Crippen LogP contribution is -2.34. The van der Waals surface area contributed by atoms with Gasteiger partial charge in [-0.15, -0.1) is 0 Å². The van der Waals surface area contributed by atoms with Crippen LogP contribution in [-0.2, 0) is 14.3 Å². The summed E-state index contributed by atoms with van der Waals surface area (Å²) < 4.78 is 15.7.